The quantitative estimate of drug-likeness (QED) is 0.478. The van der Waals surface area contributed by atoms with Crippen molar-refractivity contribution in [3.8, 4) is 0 Å². The lowest BCUT2D eigenvalue weighted by molar-refractivity contribution is -0.126. The molecule has 9 nitrogen and oxygen atoms in total. The number of ether oxygens (including phenoxy) is 1. The number of imidazole rings is 1. The number of piperidine rings is 1. The summed E-state index contributed by atoms with van der Waals surface area (Å²) in [6.07, 6.45) is 5.14. The third-order valence-electron chi connectivity index (χ3n) is 7.87. The van der Waals surface area contributed by atoms with Crippen molar-refractivity contribution in [3.63, 3.8) is 0 Å². The molecule has 1 aromatic heterocycles. The number of hydrogen-bond donors (Lipinski definition) is 1. The molecule has 38 heavy (non-hydrogen) atoms. The van der Waals surface area contributed by atoms with Crippen molar-refractivity contribution in [3.05, 3.63) is 24.0 Å². The minimum atomic E-state index is -3.72. The van der Waals surface area contributed by atoms with Crippen molar-refractivity contribution in [1.29, 1.82) is 0 Å². The maximum absolute atomic E-state index is 13.5. The van der Waals surface area contributed by atoms with Crippen LogP contribution in [-0.4, -0.2) is 68.1 Å². The Morgan fingerprint density at radius 3 is 2.47 bits per heavy atom. The van der Waals surface area contributed by atoms with E-state index in [2.05, 4.69) is 37.6 Å². The van der Waals surface area contributed by atoms with Gasteiger partial charge in [-0.25, -0.2) is 4.98 Å². The van der Waals surface area contributed by atoms with Gasteiger partial charge in [-0.15, -0.1) is 0 Å². The fourth-order valence-electron chi connectivity index (χ4n) is 5.45. The van der Waals surface area contributed by atoms with Crippen molar-refractivity contribution in [2.75, 3.05) is 44.2 Å². The lowest BCUT2D eigenvalue weighted by atomic mass is 9.94. The highest BCUT2D eigenvalue weighted by Gasteiger charge is 2.34. The molecule has 1 aromatic carbocycles. The zero-order valence-electron chi connectivity index (χ0n) is 23.7. The van der Waals surface area contributed by atoms with Gasteiger partial charge in [0.2, 0.25) is 5.91 Å². The maximum Gasteiger partial charge on any atom is 0.303 e. The minimum absolute atomic E-state index is 0.0419. The molecule has 2 fully saturated rings. The Hall–Kier alpha value is -2.17. The standard InChI is InChI=1S/C28H45N5O4S/c1-6-7-14-29-26(34)22-10-15-32(16-11-22)38(35,36)31(5)23-8-9-25-24(19-23)30-27(28(2,3)4)33(25)20-21-12-17-37-18-13-21/h8-9,19,21-22H,6-7,10-18,20H2,1-5H3,(H,29,34). The number of amides is 1. The minimum Gasteiger partial charge on any atom is -0.381 e. The van der Waals surface area contributed by atoms with Gasteiger partial charge in [-0.2, -0.15) is 12.7 Å². The number of fused-ring (bicyclic) bond motifs is 1. The molecule has 212 valence electrons. The van der Waals surface area contributed by atoms with Crippen LogP contribution in [0.1, 0.15) is 72.0 Å². The molecule has 0 radical (unpaired) electrons. The summed E-state index contributed by atoms with van der Waals surface area (Å²) >= 11 is 0. The van der Waals surface area contributed by atoms with Crippen LogP contribution in [0.5, 0.6) is 0 Å². The summed E-state index contributed by atoms with van der Waals surface area (Å²) in [6.45, 7) is 12.4. The number of hydrogen-bond acceptors (Lipinski definition) is 5. The van der Waals surface area contributed by atoms with E-state index < -0.39 is 10.2 Å². The fourth-order valence-corrected chi connectivity index (χ4v) is 6.85. The zero-order chi connectivity index (χ0) is 27.5. The van der Waals surface area contributed by atoms with Crippen LogP contribution in [0, 0.1) is 11.8 Å². The molecular weight excluding hydrogens is 502 g/mol. The van der Waals surface area contributed by atoms with Crippen LogP contribution in [0.4, 0.5) is 5.69 Å². The lowest BCUT2D eigenvalue weighted by Crippen LogP contribution is -2.48. The Morgan fingerprint density at radius 2 is 1.84 bits per heavy atom. The third-order valence-corrected chi connectivity index (χ3v) is 9.80. The summed E-state index contributed by atoms with van der Waals surface area (Å²) in [4.78, 5) is 17.4. The zero-order valence-corrected chi connectivity index (χ0v) is 24.5. The molecule has 2 saturated heterocycles. The lowest BCUT2D eigenvalue weighted by Gasteiger charge is -2.33. The number of carbonyl (C=O) groups excluding carboxylic acids is 1. The monoisotopic (exact) mass is 547 g/mol. The van der Waals surface area contributed by atoms with Gasteiger partial charge in [-0.1, -0.05) is 34.1 Å². The Balaban J connectivity index is 1.50. The summed E-state index contributed by atoms with van der Waals surface area (Å²) in [6, 6.07) is 5.77. The van der Waals surface area contributed by atoms with E-state index >= 15 is 0 Å². The molecule has 4 rings (SSSR count). The summed E-state index contributed by atoms with van der Waals surface area (Å²) in [7, 11) is -2.12. The number of carbonyl (C=O) groups is 1. The van der Waals surface area contributed by atoms with Gasteiger partial charge in [0.1, 0.15) is 5.82 Å². The van der Waals surface area contributed by atoms with Gasteiger partial charge < -0.3 is 14.6 Å². The van der Waals surface area contributed by atoms with E-state index in [1.54, 1.807) is 7.05 Å². The van der Waals surface area contributed by atoms with E-state index in [-0.39, 0.29) is 17.2 Å². The van der Waals surface area contributed by atoms with E-state index in [0.717, 1.165) is 62.3 Å². The number of nitrogens with zero attached hydrogens (tertiary/aromatic N) is 4. The second-order valence-corrected chi connectivity index (χ2v) is 13.8. The Labute approximate surface area is 228 Å². The molecule has 0 aliphatic carbocycles. The molecule has 10 heteroatoms. The number of anilines is 1. The van der Waals surface area contributed by atoms with Gasteiger partial charge in [-0.05, 0) is 56.2 Å². The maximum atomic E-state index is 13.5. The molecular formula is C28H45N5O4S. The van der Waals surface area contributed by atoms with Gasteiger partial charge in [0.05, 0.1) is 16.7 Å². The summed E-state index contributed by atoms with van der Waals surface area (Å²) in [5.74, 6) is 1.47. The van der Waals surface area contributed by atoms with Crippen molar-refractivity contribution in [1.82, 2.24) is 19.2 Å². The van der Waals surface area contributed by atoms with Crippen LogP contribution < -0.4 is 9.62 Å². The number of aromatic nitrogens is 2. The largest absolute Gasteiger partial charge is 0.381 e. The highest BCUT2D eigenvalue weighted by molar-refractivity contribution is 7.90. The summed E-state index contributed by atoms with van der Waals surface area (Å²) in [5.41, 5.74) is 2.29. The Bertz CT molecular complexity index is 1210. The topological polar surface area (TPSA) is 96.8 Å². The highest BCUT2D eigenvalue weighted by Crippen LogP contribution is 2.32. The number of rotatable bonds is 9. The van der Waals surface area contributed by atoms with Gasteiger partial charge in [0.25, 0.3) is 0 Å². The van der Waals surface area contributed by atoms with Crippen LogP contribution >= 0.6 is 0 Å². The van der Waals surface area contributed by atoms with E-state index in [0.29, 0.717) is 44.1 Å². The van der Waals surface area contributed by atoms with Crippen molar-refractivity contribution < 1.29 is 17.9 Å². The predicted octanol–water partition coefficient (Wildman–Crippen LogP) is 4.07. The Morgan fingerprint density at radius 1 is 1.16 bits per heavy atom. The van der Waals surface area contributed by atoms with Crippen LogP contribution in [-0.2, 0) is 31.7 Å². The third kappa shape index (κ3) is 6.34. The Kier molecular flexibility index (Phi) is 9.04. The first-order valence-electron chi connectivity index (χ1n) is 14.1. The molecule has 1 amide bonds. The molecule has 2 aliphatic rings. The average Bonchev–Trinajstić information content (AvgIpc) is 3.27. The normalized spacial score (nSPS) is 18.7. The molecule has 2 aliphatic heterocycles. The predicted molar refractivity (Wildman–Crippen MR) is 152 cm³/mol. The van der Waals surface area contributed by atoms with Gasteiger partial charge in [-0.3, -0.25) is 9.10 Å². The molecule has 2 aromatic rings. The van der Waals surface area contributed by atoms with E-state index in [4.69, 9.17) is 9.72 Å². The number of benzene rings is 1. The highest BCUT2D eigenvalue weighted by atomic mass is 32.2. The molecule has 3 heterocycles. The van der Waals surface area contributed by atoms with Gasteiger partial charge in [0.15, 0.2) is 0 Å². The summed E-state index contributed by atoms with van der Waals surface area (Å²) in [5, 5.41) is 2.98. The van der Waals surface area contributed by atoms with Crippen LogP contribution in [0.15, 0.2) is 18.2 Å². The van der Waals surface area contributed by atoms with Crippen molar-refractivity contribution in [2.45, 2.75) is 78.2 Å². The van der Waals surface area contributed by atoms with Crippen LogP contribution in [0.2, 0.25) is 0 Å². The van der Waals surface area contributed by atoms with Gasteiger partial charge >= 0.3 is 10.2 Å². The molecule has 0 spiro atoms. The van der Waals surface area contributed by atoms with Crippen LogP contribution in [0.25, 0.3) is 11.0 Å². The SMILES string of the molecule is CCCCNC(=O)C1CCN(S(=O)(=O)N(C)c2ccc3c(c2)nc(C(C)(C)C)n3CC2CCOCC2)CC1. The van der Waals surface area contributed by atoms with Crippen molar-refractivity contribution in [2.24, 2.45) is 11.8 Å². The molecule has 0 bridgehead atoms. The number of unbranched alkanes of at least 4 members (excludes halogenated alkanes) is 1. The molecule has 0 atom stereocenters. The first-order valence-corrected chi connectivity index (χ1v) is 15.5. The van der Waals surface area contributed by atoms with E-state index in [1.807, 2.05) is 18.2 Å². The molecule has 0 unspecified atom stereocenters. The summed E-state index contributed by atoms with van der Waals surface area (Å²) < 4.78 is 37.8. The second-order valence-electron chi connectivity index (χ2n) is 11.8. The van der Waals surface area contributed by atoms with Crippen molar-refractivity contribution >= 4 is 32.8 Å². The van der Waals surface area contributed by atoms with Crippen LogP contribution in [0.3, 0.4) is 0 Å². The average molecular weight is 548 g/mol. The molecule has 0 saturated carbocycles. The van der Waals surface area contributed by atoms with E-state index in [1.165, 1.54) is 8.61 Å². The van der Waals surface area contributed by atoms with E-state index in [9.17, 15) is 13.2 Å². The molecule has 1 N–H and O–H groups in total. The smallest absolute Gasteiger partial charge is 0.303 e. The fraction of sp³-hybridized carbons (Fsp3) is 0.714. The van der Waals surface area contributed by atoms with Gasteiger partial charge in [0, 0.05) is 57.8 Å². The first-order chi connectivity index (χ1) is 18.0. The first kappa shape index (κ1) is 28.8. The number of nitrogens with one attached hydrogen (secondary N) is 1. The second kappa shape index (κ2) is 11.9.